The van der Waals surface area contributed by atoms with Gasteiger partial charge >= 0.3 is 0 Å². The van der Waals surface area contributed by atoms with E-state index in [4.69, 9.17) is 9.73 Å². The van der Waals surface area contributed by atoms with Crippen molar-refractivity contribution in [2.45, 2.75) is 25.5 Å². The second-order valence-corrected chi connectivity index (χ2v) is 5.04. The molecule has 0 saturated carbocycles. The van der Waals surface area contributed by atoms with Crippen molar-refractivity contribution in [3.05, 3.63) is 78.2 Å². The highest BCUT2D eigenvalue weighted by Gasteiger charge is 2.27. The van der Waals surface area contributed by atoms with Gasteiger partial charge in [-0.3, -0.25) is 0 Å². The van der Waals surface area contributed by atoms with Crippen molar-refractivity contribution in [1.29, 1.82) is 0 Å². The first-order valence-corrected chi connectivity index (χ1v) is 7.00. The molecular weight excluding hydrogens is 246 g/mol. The molecule has 0 aliphatic carbocycles. The average Bonchev–Trinajstić information content (AvgIpc) is 2.88. The number of nitrogens with zero attached hydrogens (tertiary/aromatic N) is 1. The van der Waals surface area contributed by atoms with Crippen molar-refractivity contribution in [2.75, 3.05) is 0 Å². The average molecular weight is 264 g/mol. The molecule has 0 saturated heterocycles. The van der Waals surface area contributed by atoms with E-state index in [-0.39, 0.29) is 12.1 Å². The molecule has 0 spiro atoms. The van der Waals surface area contributed by atoms with E-state index in [0.29, 0.717) is 0 Å². The second kappa shape index (κ2) is 5.91. The summed E-state index contributed by atoms with van der Waals surface area (Å²) in [7, 11) is 0. The Kier molecular flexibility index (Phi) is 3.82. The van der Waals surface area contributed by atoms with Crippen molar-refractivity contribution in [2.24, 2.45) is 4.99 Å². The Morgan fingerprint density at radius 3 is 2.35 bits per heavy atom. The van der Waals surface area contributed by atoms with Crippen LogP contribution in [0.5, 0.6) is 0 Å². The molecule has 20 heavy (non-hydrogen) atoms. The van der Waals surface area contributed by atoms with Gasteiger partial charge in [0, 0.05) is 5.56 Å². The van der Waals surface area contributed by atoms with Crippen molar-refractivity contribution in [1.82, 2.24) is 0 Å². The molecule has 2 nitrogen and oxygen atoms in total. The zero-order valence-corrected chi connectivity index (χ0v) is 11.6. The lowest BCUT2D eigenvalue weighted by Crippen LogP contribution is -2.19. The Labute approximate surface area is 120 Å². The van der Waals surface area contributed by atoms with Crippen LogP contribution in [-0.4, -0.2) is 18.0 Å². The van der Waals surface area contributed by atoms with Crippen LogP contribution in [-0.2, 0) is 11.2 Å². The van der Waals surface area contributed by atoms with Gasteiger partial charge in [-0.15, -0.1) is 0 Å². The highest BCUT2D eigenvalue weighted by atomic mass is 16.5. The number of hydrogen-bond donors (Lipinski definition) is 0. The van der Waals surface area contributed by atoms with Gasteiger partial charge in [-0.2, -0.15) is 0 Å². The minimum atomic E-state index is 0.105. The minimum absolute atomic E-state index is 0.105. The molecule has 0 fully saturated rings. The van der Waals surface area contributed by atoms with Crippen molar-refractivity contribution in [3.63, 3.8) is 0 Å². The first-order valence-electron chi connectivity index (χ1n) is 7.00. The molecule has 0 N–H and O–H groups in total. The van der Waals surface area contributed by atoms with Gasteiger partial charge in [0.25, 0.3) is 0 Å². The predicted molar refractivity (Wildman–Crippen MR) is 81.8 cm³/mol. The Hall–Kier alpha value is -2.09. The Bertz CT molecular complexity index is 577. The SMILES string of the molecule is CC1OC(c2ccccc2)=NC1[CH]Cc1ccccc1. The molecule has 1 radical (unpaired) electrons. The van der Waals surface area contributed by atoms with Crippen LogP contribution in [0.4, 0.5) is 0 Å². The Morgan fingerprint density at radius 1 is 1.00 bits per heavy atom. The summed E-state index contributed by atoms with van der Waals surface area (Å²) in [4.78, 5) is 4.69. The molecule has 2 unspecified atom stereocenters. The molecule has 1 aliphatic heterocycles. The van der Waals surface area contributed by atoms with Crippen LogP contribution in [0.3, 0.4) is 0 Å². The van der Waals surface area contributed by atoms with Gasteiger partial charge in [-0.1, -0.05) is 48.5 Å². The van der Waals surface area contributed by atoms with Crippen LogP contribution in [0.25, 0.3) is 0 Å². The highest BCUT2D eigenvalue weighted by Crippen LogP contribution is 2.21. The molecule has 1 aliphatic rings. The standard InChI is InChI=1S/C18H18NO/c1-14-17(13-12-15-8-4-2-5-9-15)19-18(20-14)16-10-6-3-7-11-16/h2-11,13-14,17H,12H2,1H3. The third-order valence-electron chi connectivity index (χ3n) is 3.50. The van der Waals surface area contributed by atoms with Crippen molar-refractivity contribution >= 4 is 5.90 Å². The molecular formula is C18H18NO. The fourth-order valence-corrected chi connectivity index (χ4v) is 2.36. The number of benzene rings is 2. The lowest BCUT2D eigenvalue weighted by Gasteiger charge is -2.12. The normalized spacial score (nSPS) is 21.4. The van der Waals surface area contributed by atoms with E-state index in [2.05, 4.69) is 37.6 Å². The molecule has 0 bridgehead atoms. The molecule has 2 atom stereocenters. The summed E-state index contributed by atoms with van der Waals surface area (Å²) in [5.74, 6) is 0.757. The van der Waals surface area contributed by atoms with Crippen LogP contribution in [0.15, 0.2) is 65.7 Å². The van der Waals surface area contributed by atoms with Crippen LogP contribution in [0, 0.1) is 6.42 Å². The van der Waals surface area contributed by atoms with Gasteiger partial charge in [0.05, 0.1) is 6.04 Å². The Morgan fingerprint density at radius 2 is 1.65 bits per heavy atom. The van der Waals surface area contributed by atoms with E-state index >= 15 is 0 Å². The van der Waals surface area contributed by atoms with Gasteiger partial charge in [0.1, 0.15) is 6.10 Å². The number of ether oxygens (including phenoxy) is 1. The van der Waals surface area contributed by atoms with Gasteiger partial charge < -0.3 is 4.74 Å². The molecule has 0 amide bonds. The lowest BCUT2D eigenvalue weighted by molar-refractivity contribution is 0.222. The summed E-state index contributed by atoms with van der Waals surface area (Å²) < 4.78 is 5.87. The smallest absolute Gasteiger partial charge is 0.216 e. The maximum Gasteiger partial charge on any atom is 0.216 e. The predicted octanol–water partition coefficient (Wildman–Crippen LogP) is 3.67. The van der Waals surface area contributed by atoms with Gasteiger partial charge in [-0.05, 0) is 37.5 Å². The minimum Gasteiger partial charge on any atom is -0.472 e. The molecule has 1 heterocycles. The zero-order chi connectivity index (χ0) is 13.8. The lowest BCUT2D eigenvalue weighted by atomic mass is 10.0. The van der Waals surface area contributed by atoms with Crippen LogP contribution >= 0.6 is 0 Å². The third-order valence-corrected chi connectivity index (χ3v) is 3.50. The van der Waals surface area contributed by atoms with Crippen LogP contribution < -0.4 is 0 Å². The van der Waals surface area contributed by atoms with E-state index in [1.165, 1.54) is 5.56 Å². The fraction of sp³-hybridized carbons (Fsp3) is 0.222. The van der Waals surface area contributed by atoms with Gasteiger partial charge in [0.2, 0.25) is 5.90 Å². The summed E-state index contributed by atoms with van der Waals surface area (Å²) in [5.41, 5.74) is 2.36. The van der Waals surface area contributed by atoms with Crippen molar-refractivity contribution in [3.8, 4) is 0 Å². The van der Waals surface area contributed by atoms with Crippen LogP contribution in [0.2, 0.25) is 0 Å². The topological polar surface area (TPSA) is 21.6 Å². The van der Waals surface area contributed by atoms with E-state index in [0.717, 1.165) is 17.9 Å². The monoisotopic (exact) mass is 264 g/mol. The van der Waals surface area contributed by atoms with E-state index in [1.54, 1.807) is 0 Å². The van der Waals surface area contributed by atoms with Crippen LogP contribution in [0.1, 0.15) is 18.1 Å². The fourth-order valence-electron chi connectivity index (χ4n) is 2.36. The summed E-state index contributed by atoms with van der Waals surface area (Å²) >= 11 is 0. The molecule has 2 heteroatoms. The summed E-state index contributed by atoms with van der Waals surface area (Å²) in [6.07, 6.45) is 3.26. The summed E-state index contributed by atoms with van der Waals surface area (Å²) in [5, 5.41) is 0. The number of aliphatic imine (C=N–C) groups is 1. The quantitative estimate of drug-likeness (QED) is 0.825. The van der Waals surface area contributed by atoms with E-state index < -0.39 is 0 Å². The van der Waals surface area contributed by atoms with E-state index in [1.807, 2.05) is 36.4 Å². The molecule has 2 aromatic carbocycles. The highest BCUT2D eigenvalue weighted by molar-refractivity contribution is 5.95. The maximum absolute atomic E-state index is 5.87. The number of hydrogen-bond acceptors (Lipinski definition) is 2. The molecule has 2 aromatic rings. The first-order chi connectivity index (χ1) is 9.83. The third kappa shape index (κ3) is 2.90. The summed E-state index contributed by atoms with van der Waals surface area (Å²) in [6, 6.07) is 20.7. The molecule has 101 valence electrons. The van der Waals surface area contributed by atoms with Gasteiger partial charge in [0.15, 0.2) is 0 Å². The zero-order valence-electron chi connectivity index (χ0n) is 11.6. The second-order valence-electron chi connectivity index (χ2n) is 5.04. The Balaban J connectivity index is 1.67. The summed E-state index contributed by atoms with van der Waals surface area (Å²) in [6.45, 7) is 2.08. The van der Waals surface area contributed by atoms with Crippen molar-refractivity contribution < 1.29 is 4.74 Å². The van der Waals surface area contributed by atoms with Gasteiger partial charge in [-0.25, -0.2) is 4.99 Å². The molecule has 0 aromatic heterocycles. The number of rotatable bonds is 4. The maximum atomic E-state index is 5.87. The largest absolute Gasteiger partial charge is 0.472 e. The molecule has 3 rings (SSSR count). The first kappa shape index (κ1) is 12.9. The van der Waals surface area contributed by atoms with E-state index in [9.17, 15) is 0 Å².